The standard InChI is InChI=1S/C10H10Cl2N2O/c11-9(5-1-3-7-13-9)15-10(12)6-2-4-8-14-10/h1-8,13-14H. The van der Waals surface area contributed by atoms with Crippen molar-refractivity contribution in [1.82, 2.24) is 10.6 Å². The Labute approximate surface area is 98.1 Å². The smallest absolute Gasteiger partial charge is 0.240 e. The molecule has 0 fully saturated rings. The summed E-state index contributed by atoms with van der Waals surface area (Å²) >= 11 is 12.3. The lowest BCUT2D eigenvalue weighted by Crippen LogP contribution is -2.50. The second-order valence-corrected chi connectivity index (χ2v) is 4.24. The van der Waals surface area contributed by atoms with Crippen molar-refractivity contribution in [3.8, 4) is 0 Å². The molecule has 2 aliphatic heterocycles. The quantitative estimate of drug-likeness (QED) is 0.577. The highest BCUT2D eigenvalue weighted by molar-refractivity contribution is 6.26. The molecule has 2 N–H and O–H groups in total. The molecule has 0 aromatic rings. The van der Waals surface area contributed by atoms with E-state index in [0.717, 1.165) is 0 Å². The van der Waals surface area contributed by atoms with E-state index in [9.17, 15) is 0 Å². The van der Waals surface area contributed by atoms with E-state index in [1.54, 1.807) is 36.7 Å². The van der Waals surface area contributed by atoms with Gasteiger partial charge in [-0.2, -0.15) is 0 Å². The minimum absolute atomic E-state index is 1.13. The van der Waals surface area contributed by atoms with Gasteiger partial charge in [-0.25, -0.2) is 0 Å². The van der Waals surface area contributed by atoms with E-state index in [-0.39, 0.29) is 0 Å². The van der Waals surface area contributed by atoms with Gasteiger partial charge in [0.1, 0.15) is 0 Å². The van der Waals surface area contributed by atoms with Gasteiger partial charge in [0.25, 0.3) is 0 Å². The molecule has 3 nitrogen and oxygen atoms in total. The van der Waals surface area contributed by atoms with Crippen LogP contribution in [0.25, 0.3) is 0 Å². The number of hydrogen-bond acceptors (Lipinski definition) is 3. The normalized spacial score (nSPS) is 37.5. The number of ether oxygens (including phenoxy) is 1. The molecule has 0 aromatic heterocycles. The number of alkyl halides is 2. The Morgan fingerprint density at radius 2 is 1.27 bits per heavy atom. The fraction of sp³-hybridized carbons (Fsp3) is 0.200. The largest absolute Gasteiger partial charge is 0.348 e. The highest BCUT2D eigenvalue weighted by atomic mass is 35.5. The summed E-state index contributed by atoms with van der Waals surface area (Å²) < 4.78 is 5.54. The lowest BCUT2D eigenvalue weighted by atomic mass is 10.3. The molecule has 2 aliphatic rings. The van der Waals surface area contributed by atoms with E-state index < -0.39 is 10.4 Å². The van der Waals surface area contributed by atoms with Crippen LogP contribution in [0.2, 0.25) is 0 Å². The van der Waals surface area contributed by atoms with Crippen LogP contribution < -0.4 is 10.6 Å². The van der Waals surface area contributed by atoms with Crippen LogP contribution in [0, 0.1) is 0 Å². The van der Waals surface area contributed by atoms with Crippen LogP contribution in [-0.2, 0) is 4.74 Å². The van der Waals surface area contributed by atoms with E-state index in [2.05, 4.69) is 10.6 Å². The number of allylic oxidation sites excluding steroid dienone is 4. The first kappa shape index (κ1) is 10.6. The summed E-state index contributed by atoms with van der Waals surface area (Å²) in [5, 5.41) is 3.47. The molecule has 2 rings (SSSR count). The molecule has 0 spiro atoms. The number of rotatable bonds is 2. The Hall–Kier alpha value is -0.900. The summed E-state index contributed by atoms with van der Waals surface area (Å²) in [5.41, 5.74) is 0. The summed E-state index contributed by atoms with van der Waals surface area (Å²) in [6, 6.07) is 0. The van der Waals surface area contributed by atoms with Gasteiger partial charge in [-0.05, 0) is 24.3 Å². The Morgan fingerprint density at radius 3 is 1.60 bits per heavy atom. The molecule has 0 saturated carbocycles. The van der Waals surface area contributed by atoms with Crippen molar-refractivity contribution < 1.29 is 4.74 Å². The van der Waals surface area contributed by atoms with Gasteiger partial charge in [0, 0.05) is 12.4 Å². The van der Waals surface area contributed by atoms with Crippen molar-refractivity contribution in [1.29, 1.82) is 0 Å². The van der Waals surface area contributed by atoms with Crippen molar-refractivity contribution in [2.24, 2.45) is 0 Å². The lowest BCUT2D eigenvalue weighted by Gasteiger charge is -2.35. The summed E-state index contributed by atoms with van der Waals surface area (Å²) in [6.07, 6.45) is 13.9. The predicted octanol–water partition coefficient (Wildman–Crippen LogP) is 2.13. The molecular formula is C10H10Cl2N2O. The maximum atomic E-state index is 6.14. The molecule has 0 aliphatic carbocycles. The van der Waals surface area contributed by atoms with Crippen LogP contribution in [0.3, 0.4) is 0 Å². The molecule has 2 heterocycles. The maximum absolute atomic E-state index is 6.14. The predicted molar refractivity (Wildman–Crippen MR) is 61.1 cm³/mol. The molecule has 80 valence electrons. The average molecular weight is 245 g/mol. The molecule has 2 unspecified atom stereocenters. The van der Waals surface area contributed by atoms with Crippen molar-refractivity contribution in [2.45, 2.75) is 10.4 Å². The Balaban J connectivity index is 2.08. The minimum atomic E-state index is -1.13. The minimum Gasteiger partial charge on any atom is -0.348 e. The summed E-state index contributed by atoms with van der Waals surface area (Å²) in [4.78, 5) is 0. The first-order chi connectivity index (χ1) is 7.12. The Bertz CT molecular complexity index is 330. The molecule has 0 bridgehead atoms. The van der Waals surface area contributed by atoms with Gasteiger partial charge in [-0.3, -0.25) is 4.74 Å². The molecule has 0 amide bonds. The van der Waals surface area contributed by atoms with E-state index in [1.165, 1.54) is 0 Å². The summed E-state index contributed by atoms with van der Waals surface area (Å²) in [5.74, 6) is 0. The van der Waals surface area contributed by atoms with E-state index in [4.69, 9.17) is 27.9 Å². The zero-order chi connectivity index (χ0) is 10.8. The van der Waals surface area contributed by atoms with Crippen LogP contribution in [0.15, 0.2) is 48.9 Å². The fourth-order valence-corrected chi connectivity index (χ4v) is 1.79. The summed E-state index contributed by atoms with van der Waals surface area (Å²) in [7, 11) is 0. The van der Waals surface area contributed by atoms with E-state index >= 15 is 0 Å². The molecule has 0 radical (unpaired) electrons. The lowest BCUT2D eigenvalue weighted by molar-refractivity contribution is -0.0373. The number of halogens is 2. The van der Waals surface area contributed by atoms with Gasteiger partial charge in [0.05, 0.1) is 0 Å². The molecule has 2 atom stereocenters. The van der Waals surface area contributed by atoms with Gasteiger partial charge in [0.2, 0.25) is 10.4 Å². The van der Waals surface area contributed by atoms with Gasteiger partial charge >= 0.3 is 0 Å². The van der Waals surface area contributed by atoms with Gasteiger partial charge in [0.15, 0.2) is 0 Å². The second-order valence-electron chi connectivity index (χ2n) is 3.12. The third kappa shape index (κ3) is 2.56. The van der Waals surface area contributed by atoms with Crippen LogP contribution in [0.5, 0.6) is 0 Å². The fourth-order valence-electron chi connectivity index (χ4n) is 1.23. The zero-order valence-corrected chi connectivity index (χ0v) is 9.29. The Morgan fingerprint density at radius 1 is 0.800 bits per heavy atom. The monoisotopic (exact) mass is 244 g/mol. The summed E-state index contributed by atoms with van der Waals surface area (Å²) in [6.45, 7) is 0. The van der Waals surface area contributed by atoms with Crippen molar-refractivity contribution in [3.63, 3.8) is 0 Å². The average Bonchev–Trinajstić information content (AvgIpc) is 2.18. The number of hydrogen-bond donors (Lipinski definition) is 2. The second kappa shape index (κ2) is 3.93. The Kier molecular flexibility index (Phi) is 2.78. The molecule has 15 heavy (non-hydrogen) atoms. The number of dihydropyridines is 2. The first-order valence-electron chi connectivity index (χ1n) is 4.44. The van der Waals surface area contributed by atoms with Gasteiger partial charge in [-0.15, -0.1) is 0 Å². The van der Waals surface area contributed by atoms with Crippen molar-refractivity contribution >= 4 is 23.2 Å². The third-order valence-corrected chi connectivity index (χ3v) is 2.52. The highest BCUT2D eigenvalue weighted by Crippen LogP contribution is 2.29. The zero-order valence-electron chi connectivity index (χ0n) is 7.78. The van der Waals surface area contributed by atoms with E-state index in [0.29, 0.717) is 0 Å². The first-order valence-corrected chi connectivity index (χ1v) is 5.20. The molecule has 5 heteroatoms. The maximum Gasteiger partial charge on any atom is 0.240 e. The topological polar surface area (TPSA) is 33.3 Å². The van der Waals surface area contributed by atoms with Gasteiger partial charge < -0.3 is 10.6 Å². The third-order valence-electron chi connectivity index (χ3n) is 1.89. The number of nitrogens with one attached hydrogen (secondary N) is 2. The molecule has 0 aromatic carbocycles. The highest BCUT2D eigenvalue weighted by Gasteiger charge is 2.36. The van der Waals surface area contributed by atoms with Crippen LogP contribution in [0.4, 0.5) is 0 Å². The van der Waals surface area contributed by atoms with E-state index in [1.807, 2.05) is 12.2 Å². The van der Waals surface area contributed by atoms with Crippen molar-refractivity contribution in [2.75, 3.05) is 0 Å². The SMILES string of the molecule is ClC1(OC2(Cl)C=CC=CN2)C=CC=CN1. The van der Waals surface area contributed by atoms with Gasteiger partial charge in [-0.1, -0.05) is 35.4 Å². The van der Waals surface area contributed by atoms with Crippen LogP contribution in [-0.4, -0.2) is 10.4 Å². The molecule has 0 saturated heterocycles. The van der Waals surface area contributed by atoms with Crippen LogP contribution in [0.1, 0.15) is 0 Å². The van der Waals surface area contributed by atoms with Crippen LogP contribution >= 0.6 is 23.2 Å². The molecular weight excluding hydrogens is 235 g/mol. The van der Waals surface area contributed by atoms with Crippen molar-refractivity contribution in [3.05, 3.63) is 48.9 Å².